The third kappa shape index (κ3) is 3.17. The Hall–Kier alpha value is -2.27. The second kappa shape index (κ2) is 6.69. The molecule has 1 N–H and O–H groups in total. The molecule has 1 aliphatic rings. The summed E-state index contributed by atoms with van der Waals surface area (Å²) in [6, 6.07) is 11.0. The van der Waals surface area contributed by atoms with Gasteiger partial charge in [0.2, 0.25) is 0 Å². The van der Waals surface area contributed by atoms with Gasteiger partial charge in [0.15, 0.2) is 11.6 Å². The molecule has 1 aliphatic heterocycles. The Labute approximate surface area is 138 Å². The average molecular weight is 332 g/mol. The van der Waals surface area contributed by atoms with Gasteiger partial charge in [0.05, 0.1) is 5.41 Å². The molecule has 0 bridgehead atoms. The molecule has 0 atom stereocenters. The Balaban J connectivity index is 1.99. The highest BCUT2D eigenvalue weighted by Gasteiger charge is 2.40. The summed E-state index contributed by atoms with van der Waals surface area (Å²) in [5.74, 6) is -2.66. The van der Waals surface area contributed by atoms with Crippen LogP contribution in [0.5, 0.6) is 0 Å². The van der Waals surface area contributed by atoms with E-state index in [1.165, 1.54) is 6.07 Å². The Bertz CT molecular complexity index is 752. The van der Waals surface area contributed by atoms with Gasteiger partial charge in [-0.3, -0.25) is 4.79 Å². The van der Waals surface area contributed by atoms with Gasteiger partial charge in [-0.2, -0.15) is 0 Å². The fourth-order valence-electron chi connectivity index (χ4n) is 3.21. The van der Waals surface area contributed by atoms with Crippen LogP contribution in [0, 0.1) is 17.0 Å². The maximum Gasteiger partial charge on any atom is 0.310 e. The van der Waals surface area contributed by atoms with Gasteiger partial charge in [0.1, 0.15) is 0 Å². The largest absolute Gasteiger partial charge is 0.481 e. The first-order chi connectivity index (χ1) is 11.5. The Morgan fingerprint density at radius 2 is 1.79 bits per heavy atom. The molecule has 24 heavy (non-hydrogen) atoms. The van der Waals surface area contributed by atoms with E-state index in [4.69, 9.17) is 4.74 Å². The van der Waals surface area contributed by atoms with Gasteiger partial charge >= 0.3 is 5.97 Å². The molecule has 0 aliphatic carbocycles. The summed E-state index contributed by atoms with van der Waals surface area (Å²) in [4.78, 5) is 11.9. The van der Waals surface area contributed by atoms with E-state index in [9.17, 15) is 18.7 Å². The quantitative estimate of drug-likeness (QED) is 0.918. The molecule has 1 fully saturated rings. The summed E-state index contributed by atoms with van der Waals surface area (Å²) < 4.78 is 32.1. The van der Waals surface area contributed by atoms with Crippen molar-refractivity contribution in [2.24, 2.45) is 5.41 Å². The van der Waals surface area contributed by atoms with Gasteiger partial charge < -0.3 is 9.84 Å². The minimum absolute atomic E-state index is 0.334. The van der Waals surface area contributed by atoms with E-state index in [-0.39, 0.29) is 0 Å². The standard InChI is InChI=1S/C19H18F2O3/c20-16-6-5-13(11-17(16)21)15-4-2-1-3-14(15)12-19(18(22)23)7-9-24-10-8-19/h1-6,11H,7-10,12H2,(H,22,23). The topological polar surface area (TPSA) is 46.5 Å². The lowest BCUT2D eigenvalue weighted by Crippen LogP contribution is -2.39. The first kappa shape index (κ1) is 16.6. The van der Waals surface area contributed by atoms with Gasteiger partial charge in [-0.15, -0.1) is 0 Å². The van der Waals surface area contributed by atoms with Crippen molar-refractivity contribution in [1.82, 2.24) is 0 Å². The molecule has 3 rings (SSSR count). The SMILES string of the molecule is O=C(O)C1(Cc2ccccc2-c2ccc(F)c(F)c2)CCOCC1. The number of rotatable bonds is 4. The summed E-state index contributed by atoms with van der Waals surface area (Å²) in [6.07, 6.45) is 1.21. The monoisotopic (exact) mass is 332 g/mol. The van der Waals surface area contributed by atoms with Crippen molar-refractivity contribution in [2.75, 3.05) is 13.2 Å². The van der Waals surface area contributed by atoms with Crippen molar-refractivity contribution in [3.05, 3.63) is 59.7 Å². The van der Waals surface area contributed by atoms with Crippen molar-refractivity contribution >= 4 is 5.97 Å². The molecule has 0 spiro atoms. The second-order valence-electron chi connectivity index (χ2n) is 6.16. The molecule has 0 amide bonds. The predicted octanol–water partition coefficient (Wildman–Crippen LogP) is 4.06. The molecule has 1 saturated heterocycles. The van der Waals surface area contributed by atoms with Crippen LogP contribution >= 0.6 is 0 Å². The van der Waals surface area contributed by atoms with Crippen LogP contribution in [0.3, 0.4) is 0 Å². The Morgan fingerprint density at radius 3 is 2.46 bits per heavy atom. The number of ether oxygens (including phenoxy) is 1. The van der Waals surface area contributed by atoms with Crippen molar-refractivity contribution < 1.29 is 23.4 Å². The second-order valence-corrected chi connectivity index (χ2v) is 6.16. The van der Waals surface area contributed by atoms with Gasteiger partial charge in [0.25, 0.3) is 0 Å². The molecule has 2 aromatic rings. The van der Waals surface area contributed by atoms with Crippen LogP contribution in [0.15, 0.2) is 42.5 Å². The lowest BCUT2D eigenvalue weighted by atomic mass is 9.74. The number of halogens is 2. The number of carboxylic acids is 1. The smallest absolute Gasteiger partial charge is 0.310 e. The van der Waals surface area contributed by atoms with Crippen molar-refractivity contribution in [3.63, 3.8) is 0 Å². The first-order valence-corrected chi connectivity index (χ1v) is 7.86. The molecular formula is C19H18F2O3. The van der Waals surface area contributed by atoms with Gasteiger partial charge in [0, 0.05) is 13.2 Å². The van der Waals surface area contributed by atoms with Crippen LogP contribution in [0.1, 0.15) is 18.4 Å². The van der Waals surface area contributed by atoms with Crippen LogP contribution in [0.4, 0.5) is 8.78 Å². The summed E-state index contributed by atoms with van der Waals surface area (Å²) in [6.45, 7) is 0.833. The maximum absolute atomic E-state index is 13.6. The zero-order chi connectivity index (χ0) is 17.2. The van der Waals surface area contributed by atoms with E-state index in [1.807, 2.05) is 12.1 Å². The molecule has 126 valence electrons. The lowest BCUT2D eigenvalue weighted by molar-refractivity contribution is -0.154. The Morgan fingerprint density at radius 1 is 1.08 bits per heavy atom. The molecule has 1 heterocycles. The van der Waals surface area contributed by atoms with Crippen LogP contribution < -0.4 is 0 Å². The first-order valence-electron chi connectivity index (χ1n) is 7.86. The van der Waals surface area contributed by atoms with E-state index in [0.29, 0.717) is 38.0 Å². The van der Waals surface area contributed by atoms with Gasteiger partial charge in [-0.1, -0.05) is 30.3 Å². The molecule has 2 aromatic carbocycles. The molecule has 0 radical (unpaired) electrons. The molecule has 0 unspecified atom stereocenters. The van der Waals surface area contributed by atoms with Crippen molar-refractivity contribution in [3.8, 4) is 11.1 Å². The zero-order valence-electron chi connectivity index (χ0n) is 13.1. The van der Waals surface area contributed by atoms with Gasteiger partial charge in [-0.05, 0) is 48.1 Å². The number of carbonyl (C=O) groups is 1. The minimum Gasteiger partial charge on any atom is -0.481 e. The number of carboxylic acid groups (broad SMARTS) is 1. The molecular weight excluding hydrogens is 314 g/mol. The van der Waals surface area contributed by atoms with E-state index in [0.717, 1.165) is 23.3 Å². The number of hydrogen-bond donors (Lipinski definition) is 1. The number of benzene rings is 2. The van der Waals surface area contributed by atoms with Gasteiger partial charge in [-0.25, -0.2) is 8.78 Å². The molecule has 0 aromatic heterocycles. The summed E-state index contributed by atoms with van der Waals surface area (Å²) in [5, 5.41) is 9.73. The van der Waals surface area contributed by atoms with Crippen molar-refractivity contribution in [1.29, 1.82) is 0 Å². The highest BCUT2D eigenvalue weighted by molar-refractivity contribution is 5.76. The van der Waals surface area contributed by atoms with E-state index >= 15 is 0 Å². The summed E-state index contributed by atoms with van der Waals surface area (Å²) >= 11 is 0. The average Bonchev–Trinajstić information content (AvgIpc) is 2.59. The maximum atomic E-state index is 13.6. The summed E-state index contributed by atoms with van der Waals surface area (Å²) in [5.41, 5.74) is 1.20. The normalized spacial score (nSPS) is 16.8. The fourth-order valence-corrected chi connectivity index (χ4v) is 3.21. The van der Waals surface area contributed by atoms with Crippen molar-refractivity contribution in [2.45, 2.75) is 19.3 Å². The van der Waals surface area contributed by atoms with Crippen LogP contribution in [-0.2, 0) is 16.0 Å². The van der Waals surface area contributed by atoms with Crippen LogP contribution in [0.25, 0.3) is 11.1 Å². The van der Waals surface area contributed by atoms with E-state index < -0.39 is 23.0 Å². The molecule has 5 heteroatoms. The molecule has 3 nitrogen and oxygen atoms in total. The highest BCUT2D eigenvalue weighted by atomic mass is 19.2. The Kier molecular flexibility index (Phi) is 4.62. The number of aliphatic carboxylic acids is 1. The summed E-state index contributed by atoms with van der Waals surface area (Å²) in [7, 11) is 0. The van der Waals surface area contributed by atoms with E-state index in [2.05, 4.69) is 0 Å². The third-order valence-corrected chi connectivity index (χ3v) is 4.68. The fraction of sp³-hybridized carbons (Fsp3) is 0.316. The predicted molar refractivity (Wildman–Crippen MR) is 85.6 cm³/mol. The third-order valence-electron chi connectivity index (χ3n) is 4.68. The number of hydrogen-bond acceptors (Lipinski definition) is 2. The van der Waals surface area contributed by atoms with Crippen LogP contribution in [-0.4, -0.2) is 24.3 Å². The minimum atomic E-state index is -0.915. The van der Waals surface area contributed by atoms with E-state index in [1.54, 1.807) is 12.1 Å². The highest BCUT2D eigenvalue weighted by Crippen LogP contribution is 2.37. The lowest BCUT2D eigenvalue weighted by Gasteiger charge is -2.33. The van der Waals surface area contributed by atoms with Crippen LogP contribution in [0.2, 0.25) is 0 Å². The molecule has 0 saturated carbocycles. The zero-order valence-corrected chi connectivity index (χ0v) is 13.1.